The minimum absolute atomic E-state index is 0.331. The number of fused-ring (bicyclic) bond motifs is 1. The molecule has 2 N–H and O–H groups in total. The molecule has 0 radical (unpaired) electrons. The summed E-state index contributed by atoms with van der Waals surface area (Å²) in [7, 11) is 0. The maximum atomic E-state index is 14.1. The lowest BCUT2D eigenvalue weighted by atomic mass is 9.76. The highest BCUT2D eigenvalue weighted by molar-refractivity contribution is 5.97. The number of alkyl halides is 4. The molecule has 0 bridgehead atoms. The van der Waals surface area contributed by atoms with E-state index in [4.69, 9.17) is 5.73 Å². The third-order valence-corrected chi connectivity index (χ3v) is 4.96. The van der Waals surface area contributed by atoms with Gasteiger partial charge in [-0.15, -0.1) is 0 Å². The van der Waals surface area contributed by atoms with Gasteiger partial charge < -0.3 is 5.73 Å². The second-order valence-corrected chi connectivity index (χ2v) is 6.86. The third-order valence-electron chi connectivity index (χ3n) is 4.96. The molecule has 0 aromatic heterocycles. The number of aliphatic imine (C=N–C) groups is 2. The van der Waals surface area contributed by atoms with Gasteiger partial charge in [-0.25, -0.2) is 14.0 Å². The number of hydrogen-bond acceptors (Lipinski definition) is 5. The second-order valence-electron chi connectivity index (χ2n) is 6.86. The van der Waals surface area contributed by atoms with E-state index in [1.165, 1.54) is 0 Å². The van der Waals surface area contributed by atoms with Crippen LogP contribution >= 0.6 is 0 Å². The number of allylic oxidation sites excluding steroid dienone is 7. The number of amides is 1. The van der Waals surface area contributed by atoms with Crippen LogP contribution in [0.3, 0.4) is 0 Å². The number of nitrogens with zero attached hydrogens (tertiary/aromatic N) is 2. The summed E-state index contributed by atoms with van der Waals surface area (Å²) >= 11 is 0. The van der Waals surface area contributed by atoms with Crippen molar-refractivity contribution < 1.29 is 31.9 Å². The van der Waals surface area contributed by atoms with Gasteiger partial charge in [-0.2, -0.15) is 23.2 Å². The van der Waals surface area contributed by atoms with Crippen LogP contribution < -0.4 is 5.73 Å². The minimum atomic E-state index is -5.05. The summed E-state index contributed by atoms with van der Waals surface area (Å²) < 4.78 is 52.8. The molecule has 1 amide bonds. The molecule has 2 atom stereocenters. The Morgan fingerprint density at radius 3 is 2.42 bits per heavy atom. The van der Waals surface area contributed by atoms with Crippen LogP contribution in [0.5, 0.6) is 0 Å². The van der Waals surface area contributed by atoms with Gasteiger partial charge in [0, 0.05) is 5.57 Å². The van der Waals surface area contributed by atoms with Crippen molar-refractivity contribution in [1.82, 2.24) is 0 Å². The van der Waals surface area contributed by atoms with E-state index in [1.54, 1.807) is 6.08 Å². The molecule has 0 aliphatic heterocycles. The van der Waals surface area contributed by atoms with Crippen molar-refractivity contribution in [2.45, 2.75) is 31.7 Å². The monoisotopic (exact) mass is 435 g/mol. The molecule has 3 rings (SSSR count). The average Bonchev–Trinajstić information content (AvgIpc) is 3.04. The van der Waals surface area contributed by atoms with E-state index in [-0.39, 0.29) is 5.91 Å². The van der Waals surface area contributed by atoms with Crippen molar-refractivity contribution in [1.29, 1.82) is 0 Å². The maximum Gasteiger partial charge on any atom is 0.403 e. The number of carbonyl (C=O) groups is 1. The lowest BCUT2D eigenvalue weighted by Gasteiger charge is -2.38. The number of carbonyl (C=O) groups excluding carboxylic acids is 3. The predicted molar refractivity (Wildman–Crippen MR) is 103 cm³/mol. The number of nitrogens with two attached hydrogens (primary N) is 1. The molecule has 3 aliphatic rings. The van der Waals surface area contributed by atoms with Gasteiger partial charge in [-0.3, -0.25) is 4.79 Å². The van der Waals surface area contributed by atoms with E-state index in [2.05, 4.69) is 16.1 Å². The molecular formula is C21H17F4N3O3. The Kier molecular flexibility index (Phi) is 6.90. The van der Waals surface area contributed by atoms with E-state index in [1.807, 2.05) is 18.2 Å². The normalized spacial score (nSPS) is 26.4. The fourth-order valence-corrected chi connectivity index (χ4v) is 3.18. The molecule has 10 heteroatoms. The number of hydrogen-bond donors (Lipinski definition) is 1. The summed E-state index contributed by atoms with van der Waals surface area (Å²) in [6, 6.07) is 0. The lowest BCUT2D eigenvalue weighted by Crippen LogP contribution is -2.50. The molecule has 3 aliphatic carbocycles. The molecule has 0 aromatic rings. The van der Waals surface area contributed by atoms with Gasteiger partial charge in [0.2, 0.25) is 23.9 Å². The quantitative estimate of drug-likeness (QED) is 0.314. The molecule has 0 fully saturated rings. The summed E-state index contributed by atoms with van der Waals surface area (Å²) in [5, 5.41) is 0. The molecule has 162 valence electrons. The van der Waals surface area contributed by atoms with Gasteiger partial charge in [-0.1, -0.05) is 24.3 Å². The summed E-state index contributed by atoms with van der Waals surface area (Å²) in [5.74, 6) is -3.66. The molecule has 0 aromatic carbocycles. The van der Waals surface area contributed by atoms with Gasteiger partial charge in [0.1, 0.15) is 5.41 Å². The first kappa shape index (κ1) is 23.7. The number of rotatable bonds is 3. The van der Waals surface area contributed by atoms with Crippen LogP contribution in [-0.4, -0.2) is 30.0 Å². The molecule has 0 saturated carbocycles. The van der Waals surface area contributed by atoms with Crippen molar-refractivity contribution in [3.8, 4) is 0 Å². The Balaban J connectivity index is 0.000000231. The van der Waals surface area contributed by atoms with Crippen molar-refractivity contribution in [3.63, 3.8) is 0 Å². The van der Waals surface area contributed by atoms with Crippen LogP contribution in [0, 0.1) is 5.41 Å². The molecule has 2 unspecified atom stereocenters. The second kappa shape index (κ2) is 9.04. The molecule has 6 nitrogen and oxygen atoms in total. The Labute approximate surface area is 174 Å². The fraction of sp³-hybridized carbons (Fsp3) is 0.286. The van der Waals surface area contributed by atoms with Crippen LogP contribution in [0.1, 0.15) is 19.8 Å². The van der Waals surface area contributed by atoms with Crippen molar-refractivity contribution in [3.05, 3.63) is 71.0 Å². The highest BCUT2D eigenvalue weighted by Gasteiger charge is 2.64. The van der Waals surface area contributed by atoms with Crippen molar-refractivity contribution in [2.24, 2.45) is 21.1 Å². The first-order valence-electron chi connectivity index (χ1n) is 8.92. The maximum absolute atomic E-state index is 14.1. The van der Waals surface area contributed by atoms with Crippen LogP contribution in [-0.2, 0) is 14.4 Å². The summed E-state index contributed by atoms with van der Waals surface area (Å²) in [5.41, 5.74) is 4.66. The zero-order valence-corrected chi connectivity index (χ0v) is 16.2. The van der Waals surface area contributed by atoms with Gasteiger partial charge in [0.05, 0.1) is 5.70 Å². The zero-order valence-electron chi connectivity index (χ0n) is 16.2. The fourth-order valence-electron chi connectivity index (χ4n) is 3.18. The van der Waals surface area contributed by atoms with Crippen LogP contribution in [0.15, 0.2) is 81.0 Å². The largest absolute Gasteiger partial charge is 0.403 e. The SMILES string of the molecule is CC1(C(F)(F)F)C=C(N=C=O)C=CC1(F)N=C=O.NC(=O)C1=C2CCC=C2C=CC=C1. The Morgan fingerprint density at radius 1 is 1.16 bits per heavy atom. The first-order chi connectivity index (χ1) is 14.5. The molecule has 0 spiro atoms. The minimum Gasteiger partial charge on any atom is -0.366 e. The Morgan fingerprint density at radius 2 is 1.84 bits per heavy atom. The summed E-state index contributed by atoms with van der Waals surface area (Å²) in [6.07, 6.45) is 10.0. The van der Waals surface area contributed by atoms with Gasteiger partial charge >= 0.3 is 6.18 Å². The standard InChI is InChI=1S/C11H11NO.C10H6F4N2O2/c12-11(13)10-6-2-1-4-8-5-3-7-9(8)10;1-8(10(12,13)14)4-7(15-5-17)2-3-9(8,11)16-6-18/h1-2,4-6H,3,7H2,(H2,12,13);2-4H,1H3. The zero-order chi connectivity index (χ0) is 23.3. The van der Waals surface area contributed by atoms with E-state index in [0.29, 0.717) is 24.6 Å². The third kappa shape index (κ3) is 4.77. The number of halogens is 4. The van der Waals surface area contributed by atoms with Crippen LogP contribution in [0.25, 0.3) is 0 Å². The number of primary amides is 1. The first-order valence-corrected chi connectivity index (χ1v) is 8.92. The van der Waals surface area contributed by atoms with Crippen LogP contribution in [0.2, 0.25) is 0 Å². The van der Waals surface area contributed by atoms with E-state index < -0.39 is 23.1 Å². The smallest absolute Gasteiger partial charge is 0.366 e. The Hall–Kier alpha value is -3.61. The molecule has 0 heterocycles. The summed E-state index contributed by atoms with van der Waals surface area (Å²) in [4.78, 5) is 36.7. The van der Waals surface area contributed by atoms with E-state index >= 15 is 0 Å². The van der Waals surface area contributed by atoms with Crippen molar-refractivity contribution in [2.75, 3.05) is 0 Å². The average molecular weight is 435 g/mol. The van der Waals surface area contributed by atoms with E-state index in [0.717, 1.165) is 42.2 Å². The summed E-state index contributed by atoms with van der Waals surface area (Å²) in [6.45, 7) is 0.498. The predicted octanol–water partition coefficient (Wildman–Crippen LogP) is 3.96. The lowest BCUT2D eigenvalue weighted by molar-refractivity contribution is -0.232. The Bertz CT molecular complexity index is 1050. The molecule has 31 heavy (non-hydrogen) atoms. The highest BCUT2D eigenvalue weighted by atomic mass is 19.4. The molecular weight excluding hydrogens is 418 g/mol. The van der Waals surface area contributed by atoms with Gasteiger partial charge in [0.15, 0.2) is 0 Å². The highest BCUT2D eigenvalue weighted by Crippen LogP contribution is 2.53. The molecule has 0 saturated heterocycles. The topological polar surface area (TPSA) is 102 Å². The van der Waals surface area contributed by atoms with Crippen LogP contribution in [0.4, 0.5) is 17.6 Å². The van der Waals surface area contributed by atoms with Gasteiger partial charge in [-0.05, 0) is 55.2 Å². The van der Waals surface area contributed by atoms with Crippen molar-refractivity contribution >= 4 is 18.1 Å². The van der Waals surface area contributed by atoms with E-state index in [9.17, 15) is 31.9 Å². The van der Waals surface area contributed by atoms with Gasteiger partial charge in [0.25, 0.3) is 0 Å². The number of isocyanates is 2.